The number of benzene rings is 1. The number of carbonyl (C=O) groups is 3. The minimum atomic E-state index is -1.55. The van der Waals surface area contributed by atoms with Crippen LogP contribution in [0.5, 0.6) is 0 Å². The Morgan fingerprint density at radius 2 is 1.74 bits per heavy atom. The number of hydrogen-bond acceptors (Lipinski definition) is 8. The van der Waals surface area contributed by atoms with E-state index < -0.39 is 70.4 Å². The van der Waals surface area contributed by atoms with Crippen molar-refractivity contribution >= 4 is 23.4 Å². The van der Waals surface area contributed by atoms with Crippen molar-refractivity contribution in [3.05, 3.63) is 53.1 Å². The number of aliphatic hydroxyl groups is 2. The number of para-hydroxylation sites is 1. The molecule has 5 rings (SSSR count). The monoisotopic (exact) mass is 523 g/mol. The zero-order chi connectivity index (χ0) is 27.9. The smallest absolute Gasteiger partial charge is 0.340 e. The van der Waals surface area contributed by atoms with Crippen LogP contribution < -0.4 is 5.32 Å². The van der Waals surface area contributed by atoms with Crippen LogP contribution in [0.4, 0.5) is 5.69 Å². The lowest BCUT2D eigenvalue weighted by molar-refractivity contribution is -0.208. The molecule has 0 aromatic heterocycles. The third-order valence-corrected chi connectivity index (χ3v) is 9.92. The lowest BCUT2D eigenvalue weighted by Gasteiger charge is -2.52. The zero-order valence-corrected chi connectivity index (χ0v) is 22.9. The number of nitrogens with one attached hydrogen (secondary N) is 1. The predicted molar refractivity (Wildman–Crippen MR) is 140 cm³/mol. The minimum Gasteiger partial charge on any atom is -0.454 e. The molecule has 2 fully saturated rings. The Kier molecular flexibility index (Phi) is 5.97. The second-order valence-electron chi connectivity index (χ2n) is 12.0. The molecule has 0 aliphatic heterocycles. The van der Waals surface area contributed by atoms with Crippen LogP contribution in [-0.2, 0) is 19.1 Å². The van der Waals surface area contributed by atoms with Gasteiger partial charge in [0.25, 0.3) is 0 Å². The molecule has 0 radical (unpaired) electrons. The van der Waals surface area contributed by atoms with E-state index in [2.05, 4.69) is 5.32 Å². The number of ketones is 1. The van der Waals surface area contributed by atoms with Crippen LogP contribution in [0.15, 0.2) is 47.6 Å². The average molecular weight is 524 g/mol. The first-order valence-electron chi connectivity index (χ1n) is 13.2. The van der Waals surface area contributed by atoms with Crippen molar-refractivity contribution in [2.24, 2.45) is 35.0 Å². The summed E-state index contributed by atoms with van der Waals surface area (Å²) in [5, 5.41) is 26.9. The number of esters is 2. The van der Waals surface area contributed by atoms with Gasteiger partial charge in [0.05, 0.1) is 23.2 Å². The van der Waals surface area contributed by atoms with Gasteiger partial charge in [-0.05, 0) is 37.1 Å². The van der Waals surface area contributed by atoms with Gasteiger partial charge in [0.1, 0.15) is 6.10 Å². The van der Waals surface area contributed by atoms with E-state index in [1.807, 2.05) is 19.9 Å². The van der Waals surface area contributed by atoms with Crippen molar-refractivity contribution in [2.45, 2.75) is 65.0 Å². The molecule has 204 valence electrons. The van der Waals surface area contributed by atoms with Crippen LogP contribution >= 0.6 is 0 Å². The Balaban J connectivity index is 1.68. The summed E-state index contributed by atoms with van der Waals surface area (Å²) >= 11 is 0. The van der Waals surface area contributed by atoms with Crippen molar-refractivity contribution < 1.29 is 34.1 Å². The van der Waals surface area contributed by atoms with Gasteiger partial charge in [0.2, 0.25) is 0 Å². The van der Waals surface area contributed by atoms with Crippen LogP contribution in [-0.4, -0.2) is 58.4 Å². The number of carbonyl (C=O) groups excluding carboxylic acids is 3. The highest BCUT2D eigenvalue weighted by molar-refractivity contribution is 6.00. The zero-order valence-electron chi connectivity index (χ0n) is 22.9. The SMILES string of the molecule is CNc1ccccc1C(=O)O[C@@H]1[C@@H](C)[C@]2(O)[C@@H]3C=C(C)C(=O)[C@@H]3[C@H](O)C(C)=C[C@H]2[C@@H]2C(C)(C)[C@]12OC(C)=O. The predicted octanol–water partition coefficient (Wildman–Crippen LogP) is 3.29. The van der Waals surface area contributed by atoms with Crippen LogP contribution in [0.2, 0.25) is 0 Å². The highest BCUT2D eigenvalue weighted by Crippen LogP contribution is 2.77. The number of Topliss-reactive ketones (excluding diaryl/α,β-unsaturated/α-hetero) is 1. The Morgan fingerprint density at radius 1 is 1.08 bits per heavy atom. The summed E-state index contributed by atoms with van der Waals surface area (Å²) in [4.78, 5) is 39.3. The molecule has 38 heavy (non-hydrogen) atoms. The van der Waals surface area contributed by atoms with Gasteiger partial charge in [0.15, 0.2) is 11.4 Å². The first-order chi connectivity index (χ1) is 17.7. The van der Waals surface area contributed by atoms with Gasteiger partial charge >= 0.3 is 11.9 Å². The van der Waals surface area contributed by atoms with Gasteiger partial charge < -0.3 is 25.0 Å². The third kappa shape index (κ3) is 3.26. The van der Waals surface area contributed by atoms with Gasteiger partial charge in [-0.3, -0.25) is 9.59 Å². The number of anilines is 1. The summed E-state index contributed by atoms with van der Waals surface area (Å²) in [5.74, 6) is -4.55. The second kappa shape index (κ2) is 8.52. The van der Waals surface area contributed by atoms with E-state index in [1.165, 1.54) is 6.92 Å². The number of fused-ring (bicyclic) bond motifs is 5. The molecule has 4 aliphatic carbocycles. The Labute approximate surface area is 223 Å². The number of allylic oxidation sites excluding steroid dienone is 1. The van der Waals surface area contributed by atoms with E-state index in [0.717, 1.165) is 0 Å². The summed E-state index contributed by atoms with van der Waals surface area (Å²) in [6.07, 6.45) is 1.55. The van der Waals surface area contributed by atoms with Crippen LogP contribution in [0.25, 0.3) is 0 Å². The summed E-state index contributed by atoms with van der Waals surface area (Å²) in [6.45, 7) is 10.5. The first kappa shape index (κ1) is 26.6. The largest absolute Gasteiger partial charge is 0.454 e. The molecule has 0 spiro atoms. The minimum absolute atomic E-state index is 0.195. The number of hydrogen-bond donors (Lipinski definition) is 3. The topological polar surface area (TPSA) is 122 Å². The molecule has 0 amide bonds. The number of ether oxygens (including phenoxy) is 2. The van der Waals surface area contributed by atoms with E-state index >= 15 is 0 Å². The average Bonchev–Trinajstić information content (AvgIpc) is 3.20. The maximum atomic E-state index is 13.6. The highest BCUT2D eigenvalue weighted by atomic mass is 16.6. The van der Waals surface area contributed by atoms with Gasteiger partial charge in [-0.1, -0.05) is 45.1 Å². The molecule has 2 saturated carbocycles. The molecule has 0 bridgehead atoms. The maximum Gasteiger partial charge on any atom is 0.340 e. The lowest BCUT2D eigenvalue weighted by Crippen LogP contribution is -2.64. The first-order valence-corrected chi connectivity index (χ1v) is 13.2. The van der Waals surface area contributed by atoms with Gasteiger partial charge in [-0.15, -0.1) is 0 Å². The van der Waals surface area contributed by atoms with Gasteiger partial charge in [-0.25, -0.2) is 4.79 Å². The molecule has 9 atom stereocenters. The number of rotatable bonds is 4. The second-order valence-corrected chi connectivity index (χ2v) is 12.0. The summed E-state index contributed by atoms with van der Waals surface area (Å²) < 4.78 is 12.3. The Hall–Kier alpha value is -2.97. The lowest BCUT2D eigenvalue weighted by atomic mass is 9.59. The fourth-order valence-corrected chi connectivity index (χ4v) is 8.04. The molecule has 0 heterocycles. The fourth-order valence-electron chi connectivity index (χ4n) is 8.04. The Bertz CT molecular complexity index is 1280. The van der Waals surface area contributed by atoms with E-state index in [1.54, 1.807) is 58.2 Å². The molecule has 3 N–H and O–H groups in total. The molecular weight excluding hydrogens is 486 g/mol. The van der Waals surface area contributed by atoms with E-state index in [4.69, 9.17) is 9.47 Å². The molecule has 4 aliphatic rings. The van der Waals surface area contributed by atoms with Crippen LogP contribution in [0.3, 0.4) is 0 Å². The quantitative estimate of drug-likeness (QED) is 0.406. The maximum absolute atomic E-state index is 13.6. The van der Waals surface area contributed by atoms with E-state index in [9.17, 15) is 24.6 Å². The third-order valence-electron chi connectivity index (χ3n) is 9.92. The van der Waals surface area contributed by atoms with Crippen LogP contribution in [0.1, 0.15) is 51.9 Å². The molecular formula is C30H37NO7. The van der Waals surface area contributed by atoms with Crippen molar-refractivity contribution in [3.8, 4) is 0 Å². The highest BCUT2D eigenvalue weighted by Gasteiger charge is 2.87. The molecule has 0 saturated heterocycles. The van der Waals surface area contributed by atoms with Crippen LogP contribution in [0, 0.1) is 35.0 Å². The number of aliphatic hydroxyl groups excluding tert-OH is 1. The normalized spacial score (nSPS) is 40.4. The van der Waals surface area contributed by atoms with E-state index in [-0.39, 0.29) is 5.78 Å². The van der Waals surface area contributed by atoms with Gasteiger partial charge in [-0.2, -0.15) is 0 Å². The fraction of sp³-hybridized carbons (Fsp3) is 0.567. The van der Waals surface area contributed by atoms with Crippen molar-refractivity contribution in [1.82, 2.24) is 0 Å². The summed E-state index contributed by atoms with van der Waals surface area (Å²) in [5.41, 5.74) is -1.41. The van der Waals surface area contributed by atoms with E-state index in [0.29, 0.717) is 22.4 Å². The molecule has 8 heteroatoms. The molecule has 1 aromatic carbocycles. The Morgan fingerprint density at radius 3 is 2.37 bits per heavy atom. The van der Waals surface area contributed by atoms with Crippen molar-refractivity contribution in [1.29, 1.82) is 0 Å². The van der Waals surface area contributed by atoms with Crippen molar-refractivity contribution in [2.75, 3.05) is 12.4 Å². The molecule has 1 aromatic rings. The van der Waals surface area contributed by atoms with Crippen molar-refractivity contribution in [3.63, 3.8) is 0 Å². The summed E-state index contributed by atoms with van der Waals surface area (Å²) in [7, 11) is 1.71. The molecule has 0 unspecified atom stereocenters. The standard InChI is InChI=1S/C30H37NO7/c1-14-12-19-22(23(14)33)24(34)15(2)13-20-25-28(5,6)30(25,38-17(4)32)26(16(3)29(19,20)36)37-27(35)18-10-8-9-11-21(18)31-7/h8-13,16,19-20,22,24-26,31,34,36H,1-7H3/t16-,19-,20+,22-,24-,25-,26-,29+,30-/m1/s1. The van der Waals surface area contributed by atoms with Gasteiger partial charge in [0, 0.05) is 48.7 Å². The summed E-state index contributed by atoms with van der Waals surface area (Å²) in [6, 6.07) is 6.95. The molecule has 8 nitrogen and oxygen atoms in total.